The smallest absolute Gasteiger partial charge is 0.255 e. The molecule has 0 radical (unpaired) electrons. The van der Waals surface area contributed by atoms with Crippen LogP contribution in [0.15, 0.2) is 60.8 Å². The predicted molar refractivity (Wildman–Crippen MR) is 152 cm³/mol. The Bertz CT molecular complexity index is 1670. The third-order valence-corrected chi connectivity index (χ3v) is 7.67. The number of fused-ring (bicyclic) bond motifs is 1. The van der Waals surface area contributed by atoms with Gasteiger partial charge in [0.25, 0.3) is 5.91 Å². The van der Waals surface area contributed by atoms with Crippen LogP contribution in [0, 0.1) is 29.1 Å². The van der Waals surface area contributed by atoms with Gasteiger partial charge >= 0.3 is 0 Å². The van der Waals surface area contributed by atoms with Crippen molar-refractivity contribution >= 4 is 29.0 Å². The van der Waals surface area contributed by atoms with Gasteiger partial charge < -0.3 is 20.1 Å². The van der Waals surface area contributed by atoms with Crippen LogP contribution in [0.3, 0.4) is 0 Å². The van der Waals surface area contributed by atoms with E-state index in [2.05, 4.69) is 33.7 Å². The first-order valence-electron chi connectivity index (χ1n) is 13.8. The molecule has 2 aromatic heterocycles. The lowest BCUT2D eigenvalue weighted by atomic mass is 9.84. The summed E-state index contributed by atoms with van der Waals surface area (Å²) < 4.78 is 13.0. The molecule has 2 atom stereocenters. The van der Waals surface area contributed by atoms with Crippen LogP contribution >= 0.6 is 0 Å². The van der Waals surface area contributed by atoms with Crippen molar-refractivity contribution in [1.82, 2.24) is 14.6 Å². The molecule has 0 saturated heterocycles. The summed E-state index contributed by atoms with van der Waals surface area (Å²) in [5, 5.41) is 20.0. The molecule has 2 unspecified atom stereocenters. The molecule has 2 amide bonds. The topological polar surface area (TPSA) is 131 Å². The highest BCUT2D eigenvalue weighted by molar-refractivity contribution is 6.04. The Morgan fingerprint density at radius 1 is 1.05 bits per heavy atom. The zero-order chi connectivity index (χ0) is 28.5. The third-order valence-electron chi connectivity index (χ3n) is 7.67. The number of anilines is 2. The van der Waals surface area contributed by atoms with Crippen molar-refractivity contribution in [1.29, 1.82) is 5.26 Å². The van der Waals surface area contributed by atoms with Gasteiger partial charge in [0.05, 0.1) is 25.3 Å². The first kappa shape index (κ1) is 26.3. The highest BCUT2D eigenvalue weighted by atomic mass is 16.5. The van der Waals surface area contributed by atoms with Gasteiger partial charge in [-0.2, -0.15) is 5.26 Å². The van der Waals surface area contributed by atoms with E-state index in [0.29, 0.717) is 40.1 Å². The van der Waals surface area contributed by atoms with Gasteiger partial charge in [-0.3, -0.25) is 9.59 Å². The van der Waals surface area contributed by atoms with E-state index in [1.165, 1.54) is 11.6 Å². The van der Waals surface area contributed by atoms with Crippen molar-refractivity contribution in [2.75, 3.05) is 17.7 Å². The van der Waals surface area contributed by atoms with E-state index in [1.54, 1.807) is 48.7 Å². The van der Waals surface area contributed by atoms with Crippen LogP contribution in [-0.2, 0) is 4.79 Å². The number of carbonyl (C=O) groups is 2. The number of hydrogen-bond donors (Lipinski definition) is 2. The Morgan fingerprint density at radius 2 is 1.88 bits per heavy atom. The molecule has 0 spiro atoms. The Kier molecular flexibility index (Phi) is 7.01. The number of nitrogens with one attached hydrogen (secondary N) is 2. The number of imidazole rings is 1. The van der Waals surface area contributed by atoms with E-state index in [-0.39, 0.29) is 35.4 Å². The summed E-state index contributed by atoms with van der Waals surface area (Å²) in [7, 11) is 1.53. The molecule has 208 valence electrons. The summed E-state index contributed by atoms with van der Waals surface area (Å²) in [5.74, 6) is 1.85. The van der Waals surface area contributed by atoms with Crippen LogP contribution in [0.2, 0.25) is 0 Å². The minimum atomic E-state index is -0.294. The summed E-state index contributed by atoms with van der Waals surface area (Å²) in [6.45, 7) is 2.11. The molecule has 0 aliphatic heterocycles. The highest BCUT2D eigenvalue weighted by Crippen LogP contribution is 2.43. The van der Waals surface area contributed by atoms with Crippen LogP contribution in [0.4, 0.5) is 11.5 Å². The maximum absolute atomic E-state index is 13.2. The number of benzene rings is 2. The Balaban J connectivity index is 1.18. The van der Waals surface area contributed by atoms with Crippen LogP contribution in [0.5, 0.6) is 17.4 Å². The molecular weight excluding hydrogens is 520 g/mol. The molecule has 4 aromatic rings. The summed E-state index contributed by atoms with van der Waals surface area (Å²) in [5.41, 5.74) is 2.40. The van der Waals surface area contributed by atoms with E-state index in [0.717, 1.165) is 31.2 Å². The number of amides is 2. The van der Waals surface area contributed by atoms with E-state index in [9.17, 15) is 14.9 Å². The van der Waals surface area contributed by atoms with E-state index in [1.807, 2.05) is 12.1 Å². The molecule has 0 bridgehead atoms. The fourth-order valence-corrected chi connectivity index (χ4v) is 4.97. The highest BCUT2D eigenvalue weighted by Gasteiger charge is 2.34. The predicted octanol–water partition coefficient (Wildman–Crippen LogP) is 5.78. The average Bonchev–Trinajstić information content (AvgIpc) is 3.90. The average molecular weight is 551 g/mol. The van der Waals surface area contributed by atoms with E-state index in [4.69, 9.17) is 9.47 Å². The maximum atomic E-state index is 13.2. The summed E-state index contributed by atoms with van der Waals surface area (Å²) in [4.78, 5) is 29.6. The second-order valence-corrected chi connectivity index (χ2v) is 10.7. The normalized spacial score (nSPS) is 15.9. The third kappa shape index (κ3) is 5.84. The number of aromatic nitrogens is 3. The maximum Gasteiger partial charge on any atom is 0.255 e. The van der Waals surface area contributed by atoms with Crippen molar-refractivity contribution in [2.24, 2.45) is 17.8 Å². The quantitative estimate of drug-likeness (QED) is 0.256. The minimum Gasteiger partial charge on any atom is -0.493 e. The van der Waals surface area contributed by atoms with Crippen molar-refractivity contribution < 1.29 is 19.1 Å². The van der Waals surface area contributed by atoms with Gasteiger partial charge in [-0.15, -0.1) is 5.10 Å². The van der Waals surface area contributed by atoms with Gasteiger partial charge in [0.1, 0.15) is 0 Å². The summed E-state index contributed by atoms with van der Waals surface area (Å²) in [6.07, 6.45) is 5.77. The number of methoxy groups -OCH3 is 1. The molecule has 2 saturated carbocycles. The van der Waals surface area contributed by atoms with Gasteiger partial charge in [-0.25, -0.2) is 9.50 Å². The first-order chi connectivity index (χ1) is 19.9. The Labute approximate surface area is 237 Å². The molecule has 2 aromatic carbocycles. The van der Waals surface area contributed by atoms with Crippen molar-refractivity contribution in [3.63, 3.8) is 0 Å². The number of hydrogen-bond acceptors (Lipinski definition) is 7. The van der Waals surface area contributed by atoms with Gasteiger partial charge in [-0.05, 0) is 73.4 Å². The number of rotatable bonds is 10. The molecular formula is C31H30N6O4. The lowest BCUT2D eigenvalue weighted by molar-refractivity contribution is -0.117. The zero-order valence-corrected chi connectivity index (χ0v) is 22.8. The molecule has 2 heterocycles. The molecule has 6 rings (SSSR count). The number of carbonyl (C=O) groups excluding carboxylic acids is 2. The van der Waals surface area contributed by atoms with Gasteiger partial charge in [-0.1, -0.05) is 19.1 Å². The van der Waals surface area contributed by atoms with Crippen LogP contribution in [0.1, 0.15) is 54.4 Å². The van der Waals surface area contributed by atoms with E-state index < -0.39 is 0 Å². The number of nitriles is 1. The molecule has 41 heavy (non-hydrogen) atoms. The largest absolute Gasteiger partial charge is 0.493 e. The first-order valence-corrected chi connectivity index (χ1v) is 13.8. The molecule has 2 aliphatic rings. The van der Waals surface area contributed by atoms with Gasteiger partial charge in [0.15, 0.2) is 23.0 Å². The van der Waals surface area contributed by atoms with Crippen molar-refractivity contribution in [3.05, 3.63) is 71.9 Å². The molecule has 2 aliphatic carbocycles. The molecule has 10 nitrogen and oxygen atoms in total. The monoisotopic (exact) mass is 550 g/mol. The summed E-state index contributed by atoms with van der Waals surface area (Å²) in [6, 6.07) is 18.2. The van der Waals surface area contributed by atoms with Crippen molar-refractivity contribution in [2.45, 2.75) is 38.5 Å². The van der Waals surface area contributed by atoms with E-state index >= 15 is 0 Å². The van der Waals surface area contributed by atoms with Gasteiger partial charge in [0.2, 0.25) is 11.8 Å². The number of ether oxygens (including phenoxy) is 2. The Hall–Kier alpha value is -4.91. The molecule has 2 fully saturated rings. The second-order valence-electron chi connectivity index (χ2n) is 10.7. The molecule has 2 N–H and O–H groups in total. The zero-order valence-electron chi connectivity index (χ0n) is 22.8. The SMILES string of the molecule is COc1ccc(NC(=O)c2cccc(C(C#N)C(C)C3CC3)c2)cc1Oc1ccc2nc(NC(=O)C3CC3)cn2n1. The van der Waals surface area contributed by atoms with Crippen LogP contribution in [0.25, 0.3) is 5.65 Å². The second kappa shape index (κ2) is 10.9. The van der Waals surface area contributed by atoms with Crippen LogP contribution < -0.4 is 20.1 Å². The summed E-state index contributed by atoms with van der Waals surface area (Å²) >= 11 is 0. The fraction of sp³-hybridized carbons (Fsp3) is 0.323. The van der Waals surface area contributed by atoms with Gasteiger partial charge in [0, 0.05) is 29.3 Å². The van der Waals surface area contributed by atoms with Crippen molar-refractivity contribution in [3.8, 4) is 23.4 Å². The number of nitrogens with zero attached hydrogens (tertiary/aromatic N) is 4. The lowest BCUT2D eigenvalue weighted by Gasteiger charge is -2.18. The fourth-order valence-electron chi connectivity index (χ4n) is 4.97. The molecule has 10 heteroatoms. The van der Waals surface area contributed by atoms with Crippen LogP contribution in [-0.4, -0.2) is 33.5 Å². The lowest BCUT2D eigenvalue weighted by Crippen LogP contribution is -2.14. The minimum absolute atomic E-state index is 0.0297. The standard InChI is InChI=1S/C31H30N6O4/c1-18(19-6-7-19)24(16-32)21-4-3-5-22(14-21)31(39)33-23-10-11-25(40-2)26(15-23)41-29-13-12-28-34-27(17-37(28)36-29)35-30(38)20-8-9-20/h3-5,10-15,17-20,24H,6-9H2,1-2H3,(H,33,39)(H,35,38). The Morgan fingerprint density at radius 3 is 2.61 bits per heavy atom.